The number of benzene rings is 2. The van der Waals surface area contributed by atoms with Crippen molar-refractivity contribution in [2.24, 2.45) is 0 Å². The SMILES string of the molecule is CS(=O)(=O)c1ccc2c(c1)nc1n2[C@@H](CNS(=O)(=O)c2ccccc2)COC1. The Morgan fingerprint density at radius 3 is 2.57 bits per heavy atom. The van der Waals surface area contributed by atoms with Crippen molar-refractivity contribution in [3.05, 3.63) is 54.4 Å². The van der Waals surface area contributed by atoms with Gasteiger partial charge in [-0.15, -0.1) is 0 Å². The summed E-state index contributed by atoms with van der Waals surface area (Å²) in [5.74, 6) is 0.635. The molecule has 0 radical (unpaired) electrons. The van der Waals surface area contributed by atoms with Crippen LogP contribution in [0.1, 0.15) is 11.9 Å². The van der Waals surface area contributed by atoms with Crippen LogP contribution >= 0.6 is 0 Å². The minimum absolute atomic E-state index is 0.128. The Labute approximate surface area is 163 Å². The lowest BCUT2D eigenvalue weighted by Gasteiger charge is -2.26. The van der Waals surface area contributed by atoms with Crippen molar-refractivity contribution in [3.8, 4) is 0 Å². The molecule has 2 heterocycles. The molecule has 148 valence electrons. The molecule has 2 aromatic carbocycles. The molecule has 1 aromatic heterocycles. The summed E-state index contributed by atoms with van der Waals surface area (Å²) in [5, 5.41) is 0. The Morgan fingerprint density at radius 2 is 1.86 bits per heavy atom. The predicted octanol–water partition coefficient (Wildman–Crippen LogP) is 1.49. The topological polar surface area (TPSA) is 107 Å². The summed E-state index contributed by atoms with van der Waals surface area (Å²) in [6, 6.07) is 12.6. The summed E-state index contributed by atoms with van der Waals surface area (Å²) >= 11 is 0. The highest BCUT2D eigenvalue weighted by Crippen LogP contribution is 2.27. The zero-order chi connectivity index (χ0) is 19.9. The molecule has 0 spiro atoms. The van der Waals surface area contributed by atoms with Crippen molar-refractivity contribution in [2.45, 2.75) is 22.4 Å². The van der Waals surface area contributed by atoms with Crippen LogP contribution in [-0.4, -0.2) is 45.8 Å². The molecule has 28 heavy (non-hydrogen) atoms. The van der Waals surface area contributed by atoms with Crippen LogP contribution in [0.4, 0.5) is 0 Å². The minimum atomic E-state index is -3.64. The summed E-state index contributed by atoms with van der Waals surface area (Å²) in [4.78, 5) is 4.86. The number of imidazole rings is 1. The molecular formula is C18H19N3O5S2. The smallest absolute Gasteiger partial charge is 0.240 e. The molecule has 1 N–H and O–H groups in total. The van der Waals surface area contributed by atoms with Gasteiger partial charge in [-0.1, -0.05) is 18.2 Å². The van der Waals surface area contributed by atoms with Gasteiger partial charge in [0.1, 0.15) is 12.4 Å². The van der Waals surface area contributed by atoms with Crippen molar-refractivity contribution >= 4 is 30.9 Å². The Hall–Kier alpha value is -2.27. The first-order valence-electron chi connectivity index (χ1n) is 8.59. The average molecular weight is 422 g/mol. The van der Waals surface area contributed by atoms with Gasteiger partial charge in [0.15, 0.2) is 9.84 Å². The van der Waals surface area contributed by atoms with Gasteiger partial charge < -0.3 is 9.30 Å². The highest BCUT2D eigenvalue weighted by atomic mass is 32.2. The molecule has 0 saturated heterocycles. The van der Waals surface area contributed by atoms with E-state index in [4.69, 9.17) is 4.74 Å². The molecule has 8 nitrogen and oxygen atoms in total. The number of sulfonamides is 1. The second-order valence-corrected chi connectivity index (χ2v) is 10.4. The van der Waals surface area contributed by atoms with E-state index >= 15 is 0 Å². The van der Waals surface area contributed by atoms with Crippen LogP contribution < -0.4 is 4.72 Å². The summed E-state index contributed by atoms with van der Waals surface area (Å²) in [6.07, 6.45) is 1.15. The first-order valence-corrected chi connectivity index (χ1v) is 12.0. The van der Waals surface area contributed by atoms with E-state index in [1.165, 1.54) is 24.3 Å². The Balaban J connectivity index is 1.65. The summed E-state index contributed by atoms with van der Waals surface area (Å²) < 4.78 is 58.7. The van der Waals surface area contributed by atoms with Gasteiger partial charge in [-0.25, -0.2) is 26.5 Å². The summed E-state index contributed by atoms with van der Waals surface area (Å²) in [5.41, 5.74) is 1.29. The minimum Gasteiger partial charge on any atom is -0.371 e. The maximum atomic E-state index is 12.5. The van der Waals surface area contributed by atoms with E-state index in [1.54, 1.807) is 24.3 Å². The number of fused-ring (bicyclic) bond motifs is 3. The zero-order valence-electron chi connectivity index (χ0n) is 15.1. The molecule has 10 heteroatoms. The largest absolute Gasteiger partial charge is 0.371 e. The Bertz CT molecular complexity index is 1230. The molecule has 0 bridgehead atoms. The summed E-state index contributed by atoms with van der Waals surface area (Å²) in [6.45, 7) is 0.734. The highest BCUT2D eigenvalue weighted by Gasteiger charge is 2.26. The first-order chi connectivity index (χ1) is 13.3. The van der Waals surface area contributed by atoms with E-state index in [-0.39, 0.29) is 29.0 Å². The molecule has 0 unspecified atom stereocenters. The van der Waals surface area contributed by atoms with Gasteiger partial charge >= 0.3 is 0 Å². The van der Waals surface area contributed by atoms with Gasteiger partial charge in [0.25, 0.3) is 0 Å². The number of rotatable bonds is 5. The van der Waals surface area contributed by atoms with E-state index < -0.39 is 19.9 Å². The van der Waals surface area contributed by atoms with Crippen LogP contribution in [0.15, 0.2) is 58.3 Å². The molecule has 0 saturated carbocycles. The zero-order valence-corrected chi connectivity index (χ0v) is 16.7. The molecule has 3 aromatic rings. The van der Waals surface area contributed by atoms with Gasteiger partial charge in [-0.2, -0.15) is 0 Å². The van der Waals surface area contributed by atoms with Gasteiger partial charge in [0.2, 0.25) is 10.0 Å². The van der Waals surface area contributed by atoms with Crippen molar-refractivity contribution in [3.63, 3.8) is 0 Å². The number of ether oxygens (including phenoxy) is 1. The third-order valence-corrected chi connectivity index (χ3v) is 7.18. The lowest BCUT2D eigenvalue weighted by Crippen LogP contribution is -2.35. The fourth-order valence-electron chi connectivity index (χ4n) is 3.27. The van der Waals surface area contributed by atoms with Gasteiger partial charge in [-0.05, 0) is 30.3 Å². The Morgan fingerprint density at radius 1 is 1.11 bits per heavy atom. The van der Waals surface area contributed by atoms with Gasteiger partial charge in [-0.3, -0.25) is 0 Å². The number of aromatic nitrogens is 2. The standard InChI is InChI=1S/C18H19N3O5S2/c1-27(22,23)15-7-8-17-16(9-15)20-18-12-26-11-13(21(17)18)10-19-28(24,25)14-5-3-2-4-6-14/h2-9,13,19H,10-12H2,1H3/t13-/m0/s1. The molecule has 1 atom stereocenters. The maximum absolute atomic E-state index is 12.5. The average Bonchev–Trinajstić information content (AvgIpc) is 3.05. The fraction of sp³-hybridized carbons (Fsp3) is 0.278. The normalized spacial score (nSPS) is 17.5. The van der Waals surface area contributed by atoms with E-state index in [9.17, 15) is 16.8 Å². The maximum Gasteiger partial charge on any atom is 0.240 e. The highest BCUT2D eigenvalue weighted by molar-refractivity contribution is 7.90. The second kappa shape index (κ2) is 6.96. The van der Waals surface area contributed by atoms with E-state index in [0.717, 1.165) is 11.8 Å². The van der Waals surface area contributed by atoms with Crippen LogP contribution in [0.5, 0.6) is 0 Å². The van der Waals surface area contributed by atoms with E-state index in [1.807, 2.05) is 4.57 Å². The first kappa shape index (κ1) is 19.1. The van der Waals surface area contributed by atoms with Crippen LogP contribution in [0.2, 0.25) is 0 Å². The number of nitrogens with zero attached hydrogens (tertiary/aromatic N) is 2. The molecule has 0 aliphatic carbocycles. The van der Waals surface area contributed by atoms with Crippen molar-refractivity contribution < 1.29 is 21.6 Å². The van der Waals surface area contributed by atoms with Crippen LogP contribution in [-0.2, 0) is 31.2 Å². The number of hydrogen-bond acceptors (Lipinski definition) is 6. The molecule has 1 aliphatic heterocycles. The second-order valence-electron chi connectivity index (χ2n) is 6.65. The lowest BCUT2D eigenvalue weighted by molar-refractivity contribution is 0.0581. The third-order valence-electron chi connectivity index (χ3n) is 4.63. The monoisotopic (exact) mass is 421 g/mol. The Kier molecular flexibility index (Phi) is 4.74. The third kappa shape index (κ3) is 3.55. The molecule has 0 amide bonds. The van der Waals surface area contributed by atoms with Crippen molar-refractivity contribution in [1.29, 1.82) is 0 Å². The quantitative estimate of drug-likeness (QED) is 0.669. The van der Waals surface area contributed by atoms with Crippen molar-refractivity contribution in [2.75, 3.05) is 19.4 Å². The summed E-state index contributed by atoms with van der Waals surface area (Å²) in [7, 11) is -6.98. The van der Waals surface area contributed by atoms with Crippen molar-refractivity contribution in [1.82, 2.24) is 14.3 Å². The van der Waals surface area contributed by atoms with Gasteiger partial charge in [0, 0.05) is 12.8 Å². The number of nitrogens with one attached hydrogen (secondary N) is 1. The van der Waals surface area contributed by atoms with Crippen LogP contribution in [0.3, 0.4) is 0 Å². The molecule has 0 fully saturated rings. The molecule has 4 rings (SSSR count). The van der Waals surface area contributed by atoms with E-state index in [0.29, 0.717) is 17.9 Å². The molecule has 1 aliphatic rings. The van der Waals surface area contributed by atoms with Crippen LogP contribution in [0, 0.1) is 0 Å². The molecular weight excluding hydrogens is 402 g/mol. The lowest BCUT2D eigenvalue weighted by atomic mass is 10.2. The fourth-order valence-corrected chi connectivity index (χ4v) is 5.00. The predicted molar refractivity (Wildman–Crippen MR) is 103 cm³/mol. The van der Waals surface area contributed by atoms with Crippen LogP contribution in [0.25, 0.3) is 11.0 Å². The van der Waals surface area contributed by atoms with E-state index in [2.05, 4.69) is 9.71 Å². The van der Waals surface area contributed by atoms with Gasteiger partial charge in [0.05, 0.1) is 33.5 Å². The number of sulfone groups is 1. The number of hydrogen-bond donors (Lipinski definition) is 1.